The second-order valence-corrected chi connectivity index (χ2v) is 9.15. The second kappa shape index (κ2) is 8.50. The SMILES string of the molecule is O=C(CCSc1nc2ccccc2s1)N1CCN(c2ccccc2Cl)CC1. The highest BCUT2D eigenvalue weighted by atomic mass is 35.5. The van der Waals surface area contributed by atoms with Crippen molar-refractivity contribution in [1.82, 2.24) is 9.88 Å². The van der Waals surface area contributed by atoms with E-state index in [4.69, 9.17) is 11.6 Å². The summed E-state index contributed by atoms with van der Waals surface area (Å²) in [7, 11) is 0. The van der Waals surface area contributed by atoms with Gasteiger partial charge >= 0.3 is 0 Å². The summed E-state index contributed by atoms with van der Waals surface area (Å²) < 4.78 is 2.23. The number of rotatable bonds is 5. The molecule has 4 nitrogen and oxygen atoms in total. The van der Waals surface area contributed by atoms with Crippen molar-refractivity contribution in [1.29, 1.82) is 0 Å². The molecule has 1 aliphatic rings. The van der Waals surface area contributed by atoms with E-state index in [-0.39, 0.29) is 5.91 Å². The third-order valence-electron chi connectivity index (χ3n) is 4.64. The van der Waals surface area contributed by atoms with Gasteiger partial charge < -0.3 is 9.80 Å². The third-order valence-corrected chi connectivity index (χ3v) is 7.14. The van der Waals surface area contributed by atoms with Gasteiger partial charge in [-0.25, -0.2) is 4.98 Å². The van der Waals surface area contributed by atoms with Gasteiger partial charge in [0.25, 0.3) is 0 Å². The number of carbonyl (C=O) groups excluding carboxylic acids is 1. The highest BCUT2D eigenvalue weighted by molar-refractivity contribution is 8.01. The number of hydrogen-bond donors (Lipinski definition) is 0. The standard InChI is InChI=1S/C20H20ClN3OS2/c21-15-5-1-3-7-17(15)23-10-12-24(13-11-23)19(25)9-14-26-20-22-16-6-2-4-8-18(16)27-20/h1-8H,9-14H2. The van der Waals surface area contributed by atoms with Crippen molar-refractivity contribution in [3.05, 3.63) is 53.6 Å². The van der Waals surface area contributed by atoms with E-state index in [9.17, 15) is 4.79 Å². The summed E-state index contributed by atoms with van der Waals surface area (Å²) >= 11 is 9.64. The number of carbonyl (C=O) groups is 1. The molecule has 27 heavy (non-hydrogen) atoms. The number of benzene rings is 2. The van der Waals surface area contributed by atoms with Crippen molar-refractivity contribution in [2.45, 2.75) is 10.8 Å². The van der Waals surface area contributed by atoms with Crippen LogP contribution in [0.3, 0.4) is 0 Å². The van der Waals surface area contributed by atoms with E-state index in [1.54, 1.807) is 23.1 Å². The number of para-hydroxylation sites is 2. The van der Waals surface area contributed by atoms with Gasteiger partial charge in [0.05, 0.1) is 20.9 Å². The number of fused-ring (bicyclic) bond motifs is 1. The topological polar surface area (TPSA) is 36.4 Å². The van der Waals surface area contributed by atoms with Crippen molar-refractivity contribution in [3.8, 4) is 0 Å². The Morgan fingerprint density at radius 3 is 2.59 bits per heavy atom. The normalized spacial score (nSPS) is 14.7. The maximum absolute atomic E-state index is 12.5. The molecule has 0 bridgehead atoms. The summed E-state index contributed by atoms with van der Waals surface area (Å²) in [6.45, 7) is 3.13. The fourth-order valence-electron chi connectivity index (χ4n) is 3.20. The molecule has 1 saturated heterocycles. The Kier molecular flexibility index (Phi) is 5.86. The van der Waals surface area contributed by atoms with Crippen LogP contribution in [0.2, 0.25) is 5.02 Å². The molecule has 3 aromatic rings. The molecular weight excluding hydrogens is 398 g/mol. The predicted molar refractivity (Wildman–Crippen MR) is 115 cm³/mol. The highest BCUT2D eigenvalue weighted by Crippen LogP contribution is 2.30. The van der Waals surface area contributed by atoms with E-state index in [0.717, 1.165) is 52.5 Å². The van der Waals surface area contributed by atoms with Crippen LogP contribution < -0.4 is 4.90 Å². The lowest BCUT2D eigenvalue weighted by atomic mass is 10.2. The van der Waals surface area contributed by atoms with Crippen LogP contribution in [0.4, 0.5) is 5.69 Å². The Labute approximate surface area is 172 Å². The number of amides is 1. The molecule has 1 amide bonds. The Morgan fingerprint density at radius 1 is 1.07 bits per heavy atom. The zero-order valence-corrected chi connectivity index (χ0v) is 17.2. The van der Waals surface area contributed by atoms with E-state index in [0.29, 0.717) is 6.42 Å². The van der Waals surface area contributed by atoms with Crippen LogP contribution in [0.15, 0.2) is 52.9 Å². The van der Waals surface area contributed by atoms with Crippen LogP contribution in [0.25, 0.3) is 10.2 Å². The molecular formula is C20H20ClN3OS2. The van der Waals surface area contributed by atoms with Gasteiger partial charge in [0.15, 0.2) is 4.34 Å². The molecule has 0 atom stereocenters. The predicted octanol–water partition coefficient (Wildman–Crippen LogP) is 4.78. The van der Waals surface area contributed by atoms with Gasteiger partial charge in [-0.05, 0) is 24.3 Å². The number of thiazole rings is 1. The minimum atomic E-state index is 0.224. The number of anilines is 1. The first-order valence-electron chi connectivity index (χ1n) is 8.96. The first-order chi connectivity index (χ1) is 13.2. The zero-order chi connectivity index (χ0) is 18.6. The van der Waals surface area contributed by atoms with E-state index < -0.39 is 0 Å². The van der Waals surface area contributed by atoms with Gasteiger partial charge in [-0.1, -0.05) is 47.6 Å². The highest BCUT2D eigenvalue weighted by Gasteiger charge is 2.22. The van der Waals surface area contributed by atoms with Crippen molar-refractivity contribution in [2.24, 2.45) is 0 Å². The molecule has 0 N–H and O–H groups in total. The molecule has 0 radical (unpaired) electrons. The van der Waals surface area contributed by atoms with Crippen LogP contribution in [-0.2, 0) is 4.79 Å². The molecule has 2 aromatic carbocycles. The fraction of sp³-hybridized carbons (Fsp3) is 0.300. The first-order valence-corrected chi connectivity index (χ1v) is 11.1. The van der Waals surface area contributed by atoms with Crippen molar-refractivity contribution in [3.63, 3.8) is 0 Å². The van der Waals surface area contributed by atoms with Crippen LogP contribution in [0, 0.1) is 0 Å². The minimum Gasteiger partial charge on any atom is -0.367 e. The quantitative estimate of drug-likeness (QED) is 0.560. The number of aromatic nitrogens is 1. The number of piperazine rings is 1. The van der Waals surface area contributed by atoms with E-state index in [2.05, 4.69) is 16.0 Å². The third kappa shape index (κ3) is 4.39. The second-order valence-electron chi connectivity index (χ2n) is 6.37. The summed E-state index contributed by atoms with van der Waals surface area (Å²) in [5.74, 6) is 0.992. The van der Waals surface area contributed by atoms with Crippen molar-refractivity contribution < 1.29 is 4.79 Å². The van der Waals surface area contributed by atoms with Crippen molar-refractivity contribution >= 4 is 56.5 Å². The van der Waals surface area contributed by atoms with E-state index in [1.165, 1.54) is 4.70 Å². The molecule has 1 aliphatic heterocycles. The molecule has 1 aromatic heterocycles. The van der Waals surface area contributed by atoms with Crippen LogP contribution >= 0.6 is 34.7 Å². The molecule has 2 heterocycles. The maximum atomic E-state index is 12.5. The number of halogens is 1. The molecule has 4 rings (SSSR count). The van der Waals surface area contributed by atoms with Gasteiger partial charge in [0, 0.05) is 38.4 Å². The average molecular weight is 418 g/mol. The van der Waals surface area contributed by atoms with Gasteiger partial charge in [-0.3, -0.25) is 4.79 Å². The summed E-state index contributed by atoms with van der Waals surface area (Å²) in [4.78, 5) is 21.3. The minimum absolute atomic E-state index is 0.224. The summed E-state index contributed by atoms with van der Waals surface area (Å²) in [5, 5.41) is 0.768. The molecule has 0 aliphatic carbocycles. The number of thioether (sulfide) groups is 1. The summed E-state index contributed by atoms with van der Waals surface area (Å²) in [6, 6.07) is 16.0. The molecule has 7 heteroatoms. The van der Waals surface area contributed by atoms with Crippen LogP contribution in [-0.4, -0.2) is 47.7 Å². The summed E-state index contributed by atoms with van der Waals surface area (Å²) in [6.07, 6.45) is 0.548. The van der Waals surface area contributed by atoms with Crippen LogP contribution in [0.1, 0.15) is 6.42 Å². The van der Waals surface area contributed by atoms with Gasteiger partial charge in [0.2, 0.25) is 5.91 Å². The molecule has 1 fully saturated rings. The molecule has 0 spiro atoms. The Bertz CT molecular complexity index is 905. The number of nitrogens with zero attached hydrogens (tertiary/aromatic N) is 3. The largest absolute Gasteiger partial charge is 0.367 e. The lowest BCUT2D eigenvalue weighted by Crippen LogP contribution is -2.49. The molecule has 0 unspecified atom stereocenters. The number of hydrogen-bond acceptors (Lipinski definition) is 5. The van der Waals surface area contributed by atoms with E-state index in [1.807, 2.05) is 47.4 Å². The maximum Gasteiger partial charge on any atom is 0.223 e. The van der Waals surface area contributed by atoms with Crippen LogP contribution in [0.5, 0.6) is 0 Å². The smallest absolute Gasteiger partial charge is 0.223 e. The molecule has 0 saturated carbocycles. The van der Waals surface area contributed by atoms with E-state index >= 15 is 0 Å². The zero-order valence-electron chi connectivity index (χ0n) is 14.8. The lowest BCUT2D eigenvalue weighted by molar-refractivity contribution is -0.131. The Morgan fingerprint density at radius 2 is 1.81 bits per heavy atom. The lowest BCUT2D eigenvalue weighted by Gasteiger charge is -2.36. The monoisotopic (exact) mass is 417 g/mol. The fourth-order valence-corrected chi connectivity index (χ4v) is 5.52. The van der Waals surface area contributed by atoms with Gasteiger partial charge in [0.1, 0.15) is 0 Å². The molecule has 140 valence electrons. The van der Waals surface area contributed by atoms with Gasteiger partial charge in [-0.2, -0.15) is 0 Å². The van der Waals surface area contributed by atoms with Gasteiger partial charge in [-0.15, -0.1) is 11.3 Å². The Hall–Kier alpha value is -1.76. The summed E-state index contributed by atoms with van der Waals surface area (Å²) in [5.41, 5.74) is 2.09. The van der Waals surface area contributed by atoms with Crippen molar-refractivity contribution in [2.75, 3.05) is 36.8 Å². The average Bonchev–Trinajstić information content (AvgIpc) is 3.11. The first kappa shape index (κ1) is 18.6. The Balaban J connectivity index is 1.25.